The number of carboxylic acid groups (broad SMARTS) is 1. The van der Waals surface area contributed by atoms with E-state index >= 15 is 0 Å². The second-order valence-electron chi connectivity index (χ2n) is 5.24. The van der Waals surface area contributed by atoms with Crippen LogP contribution in [0.2, 0.25) is 0 Å². The summed E-state index contributed by atoms with van der Waals surface area (Å²) in [6, 6.07) is 3.58. The van der Waals surface area contributed by atoms with Crippen LogP contribution < -0.4 is 5.73 Å². The van der Waals surface area contributed by atoms with Crippen LogP contribution in [0.5, 0.6) is 0 Å². The van der Waals surface area contributed by atoms with Crippen LogP contribution >= 0.6 is 0 Å². The maximum Gasteiger partial charge on any atom is 0.307 e. The SMILES string of the molecule is CC(CCCc1ccc(F)cc1F)CC(CN)C(=O)O. The predicted octanol–water partition coefficient (Wildman–Crippen LogP) is 2.97. The van der Waals surface area contributed by atoms with E-state index in [1.165, 1.54) is 12.1 Å². The second-order valence-corrected chi connectivity index (χ2v) is 5.24. The number of carboxylic acids is 1. The second kappa shape index (κ2) is 7.94. The van der Waals surface area contributed by atoms with Gasteiger partial charge in [-0.15, -0.1) is 0 Å². The normalized spacial score (nSPS) is 14.0. The first-order valence-corrected chi connectivity index (χ1v) is 6.80. The summed E-state index contributed by atoms with van der Waals surface area (Å²) in [5.41, 5.74) is 5.90. The van der Waals surface area contributed by atoms with Gasteiger partial charge in [-0.05, 0) is 36.8 Å². The van der Waals surface area contributed by atoms with Gasteiger partial charge in [0.25, 0.3) is 0 Å². The van der Waals surface area contributed by atoms with Gasteiger partial charge in [-0.1, -0.05) is 19.4 Å². The number of nitrogens with two attached hydrogens (primary N) is 1. The molecule has 1 aromatic carbocycles. The summed E-state index contributed by atoms with van der Waals surface area (Å²) < 4.78 is 26.2. The van der Waals surface area contributed by atoms with Crippen LogP contribution in [-0.4, -0.2) is 17.6 Å². The topological polar surface area (TPSA) is 63.3 Å². The number of aryl methyl sites for hydroxylation is 1. The molecule has 0 aliphatic carbocycles. The standard InChI is InChI=1S/C15H21F2NO2/c1-10(7-12(9-18)15(19)20)3-2-4-11-5-6-13(16)8-14(11)17/h5-6,8,10,12H,2-4,7,9,18H2,1H3,(H,19,20). The summed E-state index contributed by atoms with van der Waals surface area (Å²) in [4.78, 5) is 10.9. The van der Waals surface area contributed by atoms with Gasteiger partial charge in [-0.25, -0.2) is 8.78 Å². The van der Waals surface area contributed by atoms with Crippen molar-refractivity contribution in [1.82, 2.24) is 0 Å². The molecule has 3 N–H and O–H groups in total. The summed E-state index contributed by atoms with van der Waals surface area (Å²) in [6.45, 7) is 2.10. The van der Waals surface area contributed by atoms with E-state index in [-0.39, 0.29) is 12.5 Å². The average molecular weight is 285 g/mol. The number of hydrogen-bond donors (Lipinski definition) is 2. The summed E-state index contributed by atoms with van der Waals surface area (Å²) in [6.07, 6.45) is 2.58. The van der Waals surface area contributed by atoms with Crippen LogP contribution in [0.4, 0.5) is 8.78 Å². The van der Waals surface area contributed by atoms with E-state index in [9.17, 15) is 13.6 Å². The van der Waals surface area contributed by atoms with E-state index in [1.54, 1.807) is 0 Å². The van der Waals surface area contributed by atoms with Crippen molar-refractivity contribution in [2.24, 2.45) is 17.6 Å². The predicted molar refractivity (Wildman–Crippen MR) is 73.3 cm³/mol. The van der Waals surface area contributed by atoms with E-state index in [1.807, 2.05) is 6.92 Å². The lowest BCUT2D eigenvalue weighted by Gasteiger charge is -2.16. The zero-order valence-corrected chi connectivity index (χ0v) is 11.6. The average Bonchev–Trinajstić information content (AvgIpc) is 2.38. The molecule has 0 saturated heterocycles. The van der Waals surface area contributed by atoms with Crippen molar-refractivity contribution in [1.29, 1.82) is 0 Å². The Morgan fingerprint density at radius 3 is 2.65 bits per heavy atom. The van der Waals surface area contributed by atoms with Gasteiger partial charge in [0.1, 0.15) is 11.6 Å². The summed E-state index contributed by atoms with van der Waals surface area (Å²) in [5.74, 6) is -2.28. The first-order valence-electron chi connectivity index (χ1n) is 6.80. The number of benzene rings is 1. The molecule has 1 aromatic rings. The maximum atomic E-state index is 13.4. The molecule has 0 amide bonds. The van der Waals surface area contributed by atoms with Crippen LogP contribution in [0.3, 0.4) is 0 Å². The number of halogens is 2. The first-order chi connectivity index (χ1) is 9.43. The fourth-order valence-corrected chi connectivity index (χ4v) is 2.27. The molecular weight excluding hydrogens is 264 g/mol. The zero-order chi connectivity index (χ0) is 15.1. The van der Waals surface area contributed by atoms with E-state index in [4.69, 9.17) is 10.8 Å². The van der Waals surface area contributed by atoms with Gasteiger partial charge in [-0.2, -0.15) is 0 Å². The molecule has 3 nitrogen and oxygen atoms in total. The molecule has 0 aromatic heterocycles. The lowest BCUT2D eigenvalue weighted by Crippen LogP contribution is -2.25. The van der Waals surface area contributed by atoms with Crippen molar-refractivity contribution < 1.29 is 18.7 Å². The fourth-order valence-electron chi connectivity index (χ4n) is 2.27. The molecule has 0 spiro atoms. The Kier molecular flexibility index (Phi) is 6.58. The molecule has 2 unspecified atom stereocenters. The van der Waals surface area contributed by atoms with Crippen LogP contribution in [-0.2, 0) is 11.2 Å². The third kappa shape index (κ3) is 5.25. The maximum absolute atomic E-state index is 13.4. The third-order valence-electron chi connectivity index (χ3n) is 3.48. The smallest absolute Gasteiger partial charge is 0.307 e. The lowest BCUT2D eigenvalue weighted by molar-refractivity contribution is -0.141. The third-order valence-corrected chi connectivity index (χ3v) is 3.48. The minimum Gasteiger partial charge on any atom is -0.481 e. The molecule has 0 fully saturated rings. The van der Waals surface area contributed by atoms with Gasteiger partial charge in [-0.3, -0.25) is 4.79 Å². The van der Waals surface area contributed by atoms with E-state index in [0.29, 0.717) is 18.4 Å². The van der Waals surface area contributed by atoms with Crippen LogP contribution in [0, 0.1) is 23.5 Å². The highest BCUT2D eigenvalue weighted by Gasteiger charge is 2.18. The van der Waals surface area contributed by atoms with Crippen molar-refractivity contribution in [3.8, 4) is 0 Å². The molecule has 0 radical (unpaired) electrons. The zero-order valence-electron chi connectivity index (χ0n) is 11.6. The molecule has 2 atom stereocenters. The highest BCUT2D eigenvalue weighted by molar-refractivity contribution is 5.70. The molecule has 0 heterocycles. The quantitative estimate of drug-likeness (QED) is 0.772. The molecular formula is C15H21F2NO2. The van der Waals surface area contributed by atoms with Crippen molar-refractivity contribution in [2.45, 2.75) is 32.6 Å². The number of rotatable bonds is 8. The Balaban J connectivity index is 2.38. The summed E-state index contributed by atoms with van der Waals surface area (Å²) in [5, 5.41) is 8.92. The number of carbonyl (C=O) groups is 1. The van der Waals surface area contributed by atoms with Gasteiger partial charge in [0.2, 0.25) is 0 Å². The minimum atomic E-state index is -0.871. The highest BCUT2D eigenvalue weighted by Crippen LogP contribution is 2.19. The molecule has 1 rings (SSSR count). The Morgan fingerprint density at radius 1 is 1.40 bits per heavy atom. The lowest BCUT2D eigenvalue weighted by atomic mass is 9.91. The van der Waals surface area contributed by atoms with Crippen LogP contribution in [0.15, 0.2) is 18.2 Å². The summed E-state index contributed by atoms with van der Waals surface area (Å²) in [7, 11) is 0. The first kappa shape index (κ1) is 16.6. The molecule has 0 aliphatic heterocycles. The molecule has 0 aliphatic rings. The van der Waals surface area contributed by atoms with E-state index in [0.717, 1.165) is 18.9 Å². The molecule has 5 heteroatoms. The van der Waals surface area contributed by atoms with Crippen molar-refractivity contribution in [2.75, 3.05) is 6.54 Å². The fraction of sp³-hybridized carbons (Fsp3) is 0.533. The van der Waals surface area contributed by atoms with Crippen molar-refractivity contribution in [3.05, 3.63) is 35.4 Å². The molecule has 0 saturated carbocycles. The highest BCUT2D eigenvalue weighted by atomic mass is 19.1. The van der Waals surface area contributed by atoms with Gasteiger partial charge in [0.15, 0.2) is 0 Å². The summed E-state index contributed by atoms with van der Waals surface area (Å²) >= 11 is 0. The van der Waals surface area contributed by atoms with Crippen molar-refractivity contribution in [3.63, 3.8) is 0 Å². The minimum absolute atomic E-state index is 0.131. The largest absolute Gasteiger partial charge is 0.481 e. The van der Waals surface area contributed by atoms with Crippen molar-refractivity contribution >= 4 is 5.97 Å². The van der Waals surface area contributed by atoms with Crippen LogP contribution in [0.1, 0.15) is 31.7 Å². The van der Waals surface area contributed by atoms with Gasteiger partial charge >= 0.3 is 5.97 Å². The molecule has 112 valence electrons. The van der Waals surface area contributed by atoms with E-state index in [2.05, 4.69) is 0 Å². The van der Waals surface area contributed by atoms with Gasteiger partial charge in [0.05, 0.1) is 5.92 Å². The molecule has 0 bridgehead atoms. The van der Waals surface area contributed by atoms with Crippen LogP contribution in [0.25, 0.3) is 0 Å². The Hall–Kier alpha value is -1.49. The van der Waals surface area contributed by atoms with Gasteiger partial charge < -0.3 is 10.8 Å². The van der Waals surface area contributed by atoms with Gasteiger partial charge in [0, 0.05) is 12.6 Å². The molecule has 20 heavy (non-hydrogen) atoms. The Bertz CT molecular complexity index is 451. The number of hydrogen-bond acceptors (Lipinski definition) is 2. The monoisotopic (exact) mass is 285 g/mol. The Morgan fingerprint density at radius 2 is 2.10 bits per heavy atom. The van der Waals surface area contributed by atoms with E-state index < -0.39 is 23.5 Å². The number of aliphatic carboxylic acids is 1. The Labute approximate surface area is 117 Å².